The second kappa shape index (κ2) is 6.84. The highest BCUT2D eigenvalue weighted by atomic mass is 32.2. The van der Waals surface area contributed by atoms with Crippen LogP contribution in [-0.4, -0.2) is 20.4 Å². The minimum atomic E-state index is -3.97. The van der Waals surface area contributed by atoms with E-state index in [1.165, 1.54) is 25.1 Å². The van der Waals surface area contributed by atoms with Gasteiger partial charge in [0.2, 0.25) is 15.9 Å². The van der Waals surface area contributed by atoms with Crippen molar-refractivity contribution in [2.75, 3.05) is 5.32 Å². The highest BCUT2D eigenvalue weighted by Crippen LogP contribution is 2.12. The van der Waals surface area contributed by atoms with Crippen LogP contribution in [0.15, 0.2) is 53.4 Å². The summed E-state index contributed by atoms with van der Waals surface area (Å²) < 4.78 is 52.2. The SMILES string of the molecule is CC(NS(=O)(=O)c1ccc(F)cc1)C(=O)Nc1cccc(F)c1. The molecule has 0 saturated heterocycles. The van der Waals surface area contributed by atoms with Gasteiger partial charge in [0.15, 0.2) is 0 Å². The third-order valence-corrected chi connectivity index (χ3v) is 4.50. The lowest BCUT2D eigenvalue weighted by molar-refractivity contribution is -0.117. The summed E-state index contributed by atoms with van der Waals surface area (Å²) in [5.41, 5.74) is 0.211. The van der Waals surface area contributed by atoms with Gasteiger partial charge in [0, 0.05) is 5.69 Å². The van der Waals surface area contributed by atoms with Gasteiger partial charge < -0.3 is 5.32 Å². The molecule has 1 amide bonds. The Morgan fingerprint density at radius 2 is 1.70 bits per heavy atom. The maximum absolute atomic E-state index is 13.1. The van der Waals surface area contributed by atoms with E-state index in [0.29, 0.717) is 0 Å². The Hall–Kier alpha value is -2.32. The number of benzene rings is 2. The van der Waals surface area contributed by atoms with Gasteiger partial charge in [0.25, 0.3) is 0 Å². The predicted molar refractivity (Wildman–Crippen MR) is 81.2 cm³/mol. The number of carbonyl (C=O) groups is 1. The van der Waals surface area contributed by atoms with Crippen LogP contribution in [0.25, 0.3) is 0 Å². The molecule has 0 heterocycles. The molecule has 8 heteroatoms. The first kappa shape index (κ1) is 17.0. The van der Waals surface area contributed by atoms with E-state index >= 15 is 0 Å². The first-order valence-corrected chi connectivity index (χ1v) is 8.10. The van der Waals surface area contributed by atoms with Crippen molar-refractivity contribution >= 4 is 21.6 Å². The molecular formula is C15H14F2N2O3S. The maximum Gasteiger partial charge on any atom is 0.242 e. The van der Waals surface area contributed by atoms with E-state index in [2.05, 4.69) is 10.0 Å². The summed E-state index contributed by atoms with van der Waals surface area (Å²) in [6.07, 6.45) is 0. The van der Waals surface area contributed by atoms with Crippen LogP contribution in [0.4, 0.5) is 14.5 Å². The minimum Gasteiger partial charge on any atom is -0.325 e. The second-order valence-electron chi connectivity index (χ2n) is 4.80. The van der Waals surface area contributed by atoms with Crippen LogP contribution in [0.3, 0.4) is 0 Å². The van der Waals surface area contributed by atoms with Crippen LogP contribution < -0.4 is 10.0 Å². The van der Waals surface area contributed by atoms with Crippen LogP contribution in [0.1, 0.15) is 6.92 Å². The van der Waals surface area contributed by atoms with E-state index in [0.717, 1.165) is 30.3 Å². The number of hydrogen-bond donors (Lipinski definition) is 2. The molecule has 122 valence electrons. The van der Waals surface area contributed by atoms with Crippen molar-refractivity contribution in [2.24, 2.45) is 0 Å². The van der Waals surface area contributed by atoms with Crippen molar-refractivity contribution in [3.05, 3.63) is 60.2 Å². The van der Waals surface area contributed by atoms with E-state index in [1.807, 2.05) is 0 Å². The molecule has 0 bridgehead atoms. The summed E-state index contributed by atoms with van der Waals surface area (Å²) in [5.74, 6) is -1.75. The fourth-order valence-corrected chi connectivity index (χ4v) is 2.99. The molecule has 0 aliphatic carbocycles. The summed E-state index contributed by atoms with van der Waals surface area (Å²) in [4.78, 5) is 11.8. The fraction of sp³-hybridized carbons (Fsp3) is 0.133. The molecule has 2 aromatic carbocycles. The van der Waals surface area contributed by atoms with E-state index < -0.39 is 33.6 Å². The zero-order valence-corrected chi connectivity index (χ0v) is 12.9. The van der Waals surface area contributed by atoms with Gasteiger partial charge in [-0.2, -0.15) is 4.72 Å². The Labute approximate surface area is 132 Å². The summed E-state index contributed by atoms with van der Waals surface area (Å²) >= 11 is 0. The van der Waals surface area contributed by atoms with Gasteiger partial charge in [0.05, 0.1) is 10.9 Å². The monoisotopic (exact) mass is 340 g/mol. The van der Waals surface area contributed by atoms with Gasteiger partial charge in [-0.1, -0.05) is 6.07 Å². The first-order valence-electron chi connectivity index (χ1n) is 6.62. The largest absolute Gasteiger partial charge is 0.325 e. The van der Waals surface area contributed by atoms with Crippen LogP contribution in [0.5, 0.6) is 0 Å². The lowest BCUT2D eigenvalue weighted by atomic mass is 10.3. The standard InChI is InChI=1S/C15H14F2N2O3S/c1-10(15(20)18-13-4-2-3-12(17)9-13)19-23(21,22)14-7-5-11(16)6-8-14/h2-10,19H,1H3,(H,18,20). The van der Waals surface area contributed by atoms with Crippen LogP contribution in [-0.2, 0) is 14.8 Å². The Morgan fingerprint density at radius 3 is 2.30 bits per heavy atom. The van der Waals surface area contributed by atoms with Crippen molar-refractivity contribution in [1.82, 2.24) is 4.72 Å². The van der Waals surface area contributed by atoms with Gasteiger partial charge in [-0.05, 0) is 49.4 Å². The summed E-state index contributed by atoms with van der Waals surface area (Å²) in [6, 6.07) is 8.31. The smallest absolute Gasteiger partial charge is 0.242 e. The number of nitrogens with one attached hydrogen (secondary N) is 2. The van der Waals surface area contributed by atoms with Gasteiger partial charge >= 0.3 is 0 Å². The number of carbonyl (C=O) groups excluding carboxylic acids is 1. The van der Waals surface area contributed by atoms with Gasteiger partial charge in [0.1, 0.15) is 11.6 Å². The van der Waals surface area contributed by atoms with Gasteiger partial charge in [-0.25, -0.2) is 17.2 Å². The Kier molecular flexibility index (Phi) is 5.07. The number of hydrogen-bond acceptors (Lipinski definition) is 3. The average Bonchev–Trinajstić information content (AvgIpc) is 2.47. The topological polar surface area (TPSA) is 75.3 Å². The van der Waals surface area contributed by atoms with E-state index in [9.17, 15) is 22.0 Å². The molecule has 1 unspecified atom stereocenters. The van der Waals surface area contributed by atoms with E-state index in [-0.39, 0.29) is 10.6 Å². The van der Waals surface area contributed by atoms with Crippen LogP contribution >= 0.6 is 0 Å². The van der Waals surface area contributed by atoms with Crippen LogP contribution in [0.2, 0.25) is 0 Å². The molecule has 23 heavy (non-hydrogen) atoms. The molecule has 0 saturated carbocycles. The molecule has 2 rings (SSSR count). The Bertz CT molecular complexity index is 808. The number of halogens is 2. The Balaban J connectivity index is 2.06. The maximum atomic E-state index is 13.1. The highest BCUT2D eigenvalue weighted by Gasteiger charge is 2.22. The summed E-state index contributed by atoms with van der Waals surface area (Å²) in [5, 5.41) is 2.40. The van der Waals surface area contributed by atoms with E-state index in [4.69, 9.17) is 0 Å². The van der Waals surface area contributed by atoms with Gasteiger partial charge in [-0.3, -0.25) is 4.79 Å². The highest BCUT2D eigenvalue weighted by molar-refractivity contribution is 7.89. The van der Waals surface area contributed by atoms with Crippen molar-refractivity contribution in [3.8, 4) is 0 Å². The molecule has 2 N–H and O–H groups in total. The van der Waals surface area contributed by atoms with E-state index in [1.54, 1.807) is 0 Å². The molecule has 2 aromatic rings. The zero-order valence-electron chi connectivity index (χ0n) is 12.1. The first-order chi connectivity index (χ1) is 10.8. The predicted octanol–water partition coefficient (Wildman–Crippen LogP) is 2.27. The molecule has 0 spiro atoms. The van der Waals surface area contributed by atoms with Crippen LogP contribution in [0, 0.1) is 11.6 Å². The number of amides is 1. The lowest BCUT2D eigenvalue weighted by Crippen LogP contribution is -2.41. The molecule has 0 aromatic heterocycles. The molecule has 1 atom stereocenters. The van der Waals surface area contributed by atoms with Crippen molar-refractivity contribution in [2.45, 2.75) is 17.9 Å². The zero-order chi connectivity index (χ0) is 17.0. The van der Waals surface area contributed by atoms with Crippen molar-refractivity contribution in [1.29, 1.82) is 0 Å². The number of sulfonamides is 1. The minimum absolute atomic E-state index is 0.163. The number of anilines is 1. The Morgan fingerprint density at radius 1 is 1.04 bits per heavy atom. The average molecular weight is 340 g/mol. The lowest BCUT2D eigenvalue weighted by Gasteiger charge is -2.14. The van der Waals surface area contributed by atoms with Crippen molar-refractivity contribution in [3.63, 3.8) is 0 Å². The summed E-state index contributed by atoms with van der Waals surface area (Å²) in [7, 11) is -3.97. The molecule has 0 fully saturated rings. The summed E-state index contributed by atoms with van der Waals surface area (Å²) in [6.45, 7) is 1.34. The van der Waals surface area contributed by atoms with Gasteiger partial charge in [-0.15, -0.1) is 0 Å². The quantitative estimate of drug-likeness (QED) is 0.877. The van der Waals surface area contributed by atoms with Crippen molar-refractivity contribution < 1.29 is 22.0 Å². The fourth-order valence-electron chi connectivity index (χ4n) is 1.78. The molecule has 0 aliphatic rings. The molecule has 5 nitrogen and oxygen atoms in total. The number of rotatable bonds is 5. The molecular weight excluding hydrogens is 326 g/mol. The molecule has 0 radical (unpaired) electrons. The molecule has 0 aliphatic heterocycles. The third-order valence-electron chi connectivity index (χ3n) is 2.94. The second-order valence-corrected chi connectivity index (χ2v) is 6.51. The third kappa shape index (κ3) is 4.57. The normalized spacial score (nSPS) is 12.7.